The summed E-state index contributed by atoms with van der Waals surface area (Å²) in [7, 11) is 0. The number of carbonyl (C=O) groups excluding carboxylic acids is 2. The number of amides is 2. The van der Waals surface area contributed by atoms with Crippen LogP contribution in [0.4, 0.5) is 15.8 Å². The van der Waals surface area contributed by atoms with Crippen molar-refractivity contribution >= 4 is 23.2 Å². The number of anilines is 2. The Balaban J connectivity index is 1.47. The largest absolute Gasteiger partial charge is 0.491 e. The zero-order valence-electron chi connectivity index (χ0n) is 14.3. The maximum absolute atomic E-state index is 13.4. The molecule has 0 bridgehead atoms. The third-order valence-electron chi connectivity index (χ3n) is 3.84. The Hall–Kier alpha value is -3.09. The van der Waals surface area contributed by atoms with Gasteiger partial charge in [-0.25, -0.2) is 4.39 Å². The summed E-state index contributed by atoms with van der Waals surface area (Å²) in [5, 5.41) is 5.48. The van der Waals surface area contributed by atoms with Gasteiger partial charge in [0.25, 0.3) is 5.91 Å². The molecule has 26 heavy (non-hydrogen) atoms. The lowest BCUT2D eigenvalue weighted by Crippen LogP contribution is -2.34. The molecule has 1 aliphatic rings. The third-order valence-corrected chi connectivity index (χ3v) is 3.84. The summed E-state index contributed by atoms with van der Waals surface area (Å²) in [6.45, 7) is 1.90. The number of hydrogen-bond donors (Lipinski definition) is 2. The number of rotatable bonds is 6. The first kappa shape index (κ1) is 17.7. The Morgan fingerprint density at radius 3 is 2.92 bits per heavy atom. The molecule has 2 amide bonds. The van der Waals surface area contributed by atoms with Crippen LogP contribution in [0.25, 0.3) is 0 Å². The first-order chi connectivity index (χ1) is 12.5. The maximum atomic E-state index is 13.4. The number of para-hydroxylation sites is 1. The van der Waals surface area contributed by atoms with Gasteiger partial charge in [0.15, 0.2) is 17.7 Å². The number of benzene rings is 2. The van der Waals surface area contributed by atoms with E-state index in [4.69, 9.17) is 9.47 Å². The van der Waals surface area contributed by atoms with E-state index in [9.17, 15) is 14.0 Å². The fourth-order valence-electron chi connectivity index (χ4n) is 2.49. The van der Waals surface area contributed by atoms with Crippen LogP contribution in [0, 0.1) is 5.82 Å². The zero-order chi connectivity index (χ0) is 18.5. The number of fused-ring (bicyclic) bond motifs is 1. The molecule has 0 spiro atoms. The fraction of sp³-hybridized carbons (Fsp3) is 0.263. The minimum atomic E-state index is -0.544. The SMILES string of the molecule is CC1Oc2ccc(NC(=O)CCCOc3ccccc3F)cc2NC1=O. The van der Waals surface area contributed by atoms with Crippen LogP contribution < -0.4 is 20.1 Å². The Kier molecular flexibility index (Phi) is 5.36. The Labute approximate surface area is 150 Å². The molecule has 1 atom stereocenters. The summed E-state index contributed by atoms with van der Waals surface area (Å²) in [6, 6.07) is 11.2. The lowest BCUT2D eigenvalue weighted by molar-refractivity contribution is -0.122. The molecule has 2 aromatic rings. The molecule has 1 heterocycles. The van der Waals surface area contributed by atoms with E-state index in [1.165, 1.54) is 6.07 Å². The number of hydrogen-bond acceptors (Lipinski definition) is 4. The average Bonchev–Trinajstić information content (AvgIpc) is 2.61. The molecular formula is C19H19FN2O4. The van der Waals surface area contributed by atoms with Crippen LogP contribution in [-0.4, -0.2) is 24.5 Å². The van der Waals surface area contributed by atoms with E-state index in [0.29, 0.717) is 23.5 Å². The highest BCUT2D eigenvalue weighted by Gasteiger charge is 2.23. The Morgan fingerprint density at radius 2 is 2.12 bits per heavy atom. The summed E-state index contributed by atoms with van der Waals surface area (Å²) in [5.41, 5.74) is 1.08. The number of halogens is 1. The normalized spacial score (nSPS) is 15.5. The summed E-state index contributed by atoms with van der Waals surface area (Å²) in [5.74, 6) is -0.115. The summed E-state index contributed by atoms with van der Waals surface area (Å²) in [4.78, 5) is 23.7. The van der Waals surface area contributed by atoms with Crippen molar-refractivity contribution in [1.29, 1.82) is 0 Å². The molecule has 1 aliphatic heterocycles. The molecule has 136 valence electrons. The molecule has 0 saturated heterocycles. The molecule has 0 aromatic heterocycles. The van der Waals surface area contributed by atoms with Crippen molar-refractivity contribution in [2.24, 2.45) is 0 Å². The lowest BCUT2D eigenvalue weighted by atomic mass is 10.2. The molecule has 0 saturated carbocycles. The van der Waals surface area contributed by atoms with Gasteiger partial charge in [0.2, 0.25) is 5.91 Å². The molecule has 2 aromatic carbocycles. The average molecular weight is 358 g/mol. The highest BCUT2D eigenvalue weighted by atomic mass is 19.1. The van der Waals surface area contributed by atoms with E-state index in [1.807, 2.05) is 0 Å². The summed E-state index contributed by atoms with van der Waals surface area (Å²) < 4.78 is 24.2. The van der Waals surface area contributed by atoms with Crippen molar-refractivity contribution in [1.82, 2.24) is 0 Å². The van der Waals surface area contributed by atoms with Gasteiger partial charge in [-0.15, -0.1) is 0 Å². The van der Waals surface area contributed by atoms with Crippen LogP contribution in [-0.2, 0) is 9.59 Å². The van der Waals surface area contributed by atoms with E-state index in [2.05, 4.69) is 10.6 Å². The van der Waals surface area contributed by atoms with Crippen LogP contribution in [0.3, 0.4) is 0 Å². The number of carbonyl (C=O) groups is 2. The fourth-order valence-corrected chi connectivity index (χ4v) is 2.49. The van der Waals surface area contributed by atoms with E-state index < -0.39 is 11.9 Å². The molecule has 0 aliphatic carbocycles. The van der Waals surface area contributed by atoms with Crippen molar-refractivity contribution in [2.75, 3.05) is 17.2 Å². The standard InChI is InChI=1S/C19H19FN2O4/c1-12-19(24)22-15-11-13(8-9-17(15)26-12)21-18(23)7-4-10-25-16-6-3-2-5-14(16)20/h2-3,5-6,8-9,11-12H,4,7,10H2,1H3,(H,21,23)(H,22,24). The molecule has 7 heteroatoms. The van der Waals surface area contributed by atoms with Crippen LogP contribution >= 0.6 is 0 Å². The van der Waals surface area contributed by atoms with Gasteiger partial charge < -0.3 is 20.1 Å². The highest BCUT2D eigenvalue weighted by molar-refractivity contribution is 5.99. The predicted octanol–water partition coefficient (Wildman–Crippen LogP) is 3.34. The molecule has 0 radical (unpaired) electrons. The van der Waals surface area contributed by atoms with Crippen molar-refractivity contribution in [2.45, 2.75) is 25.9 Å². The van der Waals surface area contributed by atoms with Gasteiger partial charge in [-0.05, 0) is 43.7 Å². The van der Waals surface area contributed by atoms with E-state index in [-0.39, 0.29) is 30.6 Å². The van der Waals surface area contributed by atoms with Crippen molar-refractivity contribution in [3.05, 3.63) is 48.3 Å². The number of nitrogens with one attached hydrogen (secondary N) is 2. The second-order valence-corrected chi connectivity index (χ2v) is 5.89. The quantitative estimate of drug-likeness (QED) is 0.777. The van der Waals surface area contributed by atoms with Crippen molar-refractivity contribution in [3.8, 4) is 11.5 Å². The van der Waals surface area contributed by atoms with Gasteiger partial charge in [-0.2, -0.15) is 0 Å². The monoisotopic (exact) mass is 358 g/mol. The van der Waals surface area contributed by atoms with Crippen LogP contribution in [0.1, 0.15) is 19.8 Å². The zero-order valence-corrected chi connectivity index (χ0v) is 14.3. The van der Waals surface area contributed by atoms with Crippen LogP contribution in [0.2, 0.25) is 0 Å². The summed E-state index contributed by atoms with van der Waals surface area (Å²) >= 11 is 0. The van der Waals surface area contributed by atoms with Crippen molar-refractivity contribution < 1.29 is 23.5 Å². The Morgan fingerprint density at radius 1 is 1.31 bits per heavy atom. The smallest absolute Gasteiger partial charge is 0.265 e. The molecule has 6 nitrogen and oxygen atoms in total. The molecule has 2 N–H and O–H groups in total. The van der Waals surface area contributed by atoms with Gasteiger partial charge in [0.1, 0.15) is 5.75 Å². The highest BCUT2D eigenvalue weighted by Crippen LogP contribution is 2.32. The molecule has 3 rings (SSSR count). The molecule has 1 unspecified atom stereocenters. The van der Waals surface area contributed by atoms with E-state index in [0.717, 1.165) is 0 Å². The van der Waals surface area contributed by atoms with Crippen LogP contribution in [0.5, 0.6) is 11.5 Å². The topological polar surface area (TPSA) is 76.7 Å². The minimum Gasteiger partial charge on any atom is -0.491 e. The first-order valence-electron chi connectivity index (χ1n) is 8.31. The Bertz CT molecular complexity index is 825. The van der Waals surface area contributed by atoms with E-state index >= 15 is 0 Å². The van der Waals surface area contributed by atoms with E-state index in [1.54, 1.807) is 43.3 Å². The van der Waals surface area contributed by atoms with Gasteiger partial charge in [-0.1, -0.05) is 12.1 Å². The van der Waals surface area contributed by atoms with Gasteiger partial charge in [0.05, 0.1) is 12.3 Å². The molecular weight excluding hydrogens is 339 g/mol. The first-order valence-corrected chi connectivity index (χ1v) is 8.31. The van der Waals surface area contributed by atoms with Crippen molar-refractivity contribution in [3.63, 3.8) is 0 Å². The molecule has 0 fully saturated rings. The second kappa shape index (κ2) is 7.86. The predicted molar refractivity (Wildman–Crippen MR) is 94.9 cm³/mol. The third kappa shape index (κ3) is 4.30. The second-order valence-electron chi connectivity index (χ2n) is 5.89. The maximum Gasteiger partial charge on any atom is 0.265 e. The number of ether oxygens (including phenoxy) is 2. The van der Waals surface area contributed by atoms with Crippen LogP contribution in [0.15, 0.2) is 42.5 Å². The summed E-state index contributed by atoms with van der Waals surface area (Å²) in [6.07, 6.45) is 0.130. The van der Waals surface area contributed by atoms with Gasteiger partial charge >= 0.3 is 0 Å². The lowest BCUT2D eigenvalue weighted by Gasteiger charge is -2.23. The van der Waals surface area contributed by atoms with Gasteiger partial charge in [-0.3, -0.25) is 9.59 Å². The van der Waals surface area contributed by atoms with Gasteiger partial charge in [0, 0.05) is 12.1 Å². The minimum absolute atomic E-state index is 0.174.